The molecule has 2 aromatic carbocycles. The van der Waals surface area contributed by atoms with Crippen LogP contribution in [0, 0.1) is 12.2 Å². The Labute approximate surface area is 235 Å². The summed E-state index contributed by atoms with van der Waals surface area (Å²) < 4.78 is 0. The molecule has 0 atom stereocenters. The Kier molecular flexibility index (Phi) is 20.8. The van der Waals surface area contributed by atoms with Crippen LogP contribution in [0.4, 0.5) is 0 Å². The minimum atomic E-state index is -0.455. The van der Waals surface area contributed by atoms with Crippen LogP contribution in [-0.2, 0) is 23.3 Å². The van der Waals surface area contributed by atoms with Crippen LogP contribution in [0.25, 0.3) is 0 Å². The van der Waals surface area contributed by atoms with Crippen molar-refractivity contribution in [2.24, 2.45) is 0 Å². The van der Waals surface area contributed by atoms with Gasteiger partial charge in [-0.1, -0.05) is 52.4 Å². The number of benzene rings is 2. The number of allylic oxidation sites excluding steroid dienone is 8. The van der Waals surface area contributed by atoms with Gasteiger partial charge in [0, 0.05) is 0 Å². The predicted molar refractivity (Wildman–Crippen MR) is 138 cm³/mol. The van der Waals surface area contributed by atoms with E-state index in [-0.39, 0.29) is 24.8 Å². The van der Waals surface area contributed by atoms with Gasteiger partial charge in [-0.25, -0.2) is 23.3 Å². The molecule has 4 heteroatoms. The van der Waals surface area contributed by atoms with Crippen LogP contribution in [0.1, 0.15) is 65.2 Å². The second kappa shape index (κ2) is 21.4. The van der Waals surface area contributed by atoms with Crippen molar-refractivity contribution in [2.45, 2.75) is 65.2 Å². The third-order valence-electron chi connectivity index (χ3n) is 5.26. The molecule has 34 heavy (non-hydrogen) atoms. The van der Waals surface area contributed by atoms with Crippen LogP contribution in [0.15, 0.2) is 96.1 Å². The van der Waals surface area contributed by atoms with E-state index in [0.717, 1.165) is 12.8 Å². The van der Waals surface area contributed by atoms with E-state index in [1.807, 2.05) is 0 Å². The zero-order valence-electron chi connectivity index (χ0n) is 20.5. The van der Waals surface area contributed by atoms with Crippen LogP contribution in [0.3, 0.4) is 0 Å². The van der Waals surface area contributed by atoms with E-state index in [9.17, 15) is 0 Å². The van der Waals surface area contributed by atoms with E-state index in [4.69, 9.17) is 0 Å². The Morgan fingerprint density at radius 3 is 1.35 bits per heavy atom. The van der Waals surface area contributed by atoms with Crippen LogP contribution in [0.5, 0.6) is 0 Å². The first-order valence-electron chi connectivity index (χ1n) is 12.0. The fourth-order valence-electron chi connectivity index (χ4n) is 3.35. The summed E-state index contributed by atoms with van der Waals surface area (Å²) in [7, 11) is 0. The summed E-state index contributed by atoms with van der Waals surface area (Å²) in [6, 6.07) is 21.7. The maximum atomic E-state index is 3.30. The zero-order valence-corrected chi connectivity index (χ0v) is 25.5. The molecule has 2 aromatic rings. The molecular weight excluding hydrogens is 551 g/mol. The second-order valence-electron chi connectivity index (χ2n) is 7.93. The molecule has 0 aliphatic heterocycles. The topological polar surface area (TPSA) is 0 Å². The van der Waals surface area contributed by atoms with Crippen molar-refractivity contribution >= 4 is 15.8 Å². The van der Waals surface area contributed by atoms with Gasteiger partial charge in [-0.2, -0.15) is 12.2 Å². The van der Waals surface area contributed by atoms with Gasteiger partial charge in [-0.15, -0.1) is 12.8 Å². The maximum absolute atomic E-state index is 3.30. The van der Waals surface area contributed by atoms with Crippen molar-refractivity contribution < 1.29 is 48.1 Å². The van der Waals surface area contributed by atoms with E-state index in [1.54, 1.807) is 23.3 Å². The standard InChI is InChI=1S/C12H10Si.2C9H13.2ClH.Zr/c1-3-7-11(8-4-1)13-12-9-5-2-6-10-12;2*1-2-3-6-9-7-4-5-8-9;;;/h1-10H;2*4,7H,2-3,5-6H2,1H3;2*1H;/q;2*-1;;;+2/p-2. The minimum absolute atomic E-state index is 0. The summed E-state index contributed by atoms with van der Waals surface area (Å²) in [6.45, 7) is 4.44. The van der Waals surface area contributed by atoms with Crippen molar-refractivity contribution in [3.05, 3.63) is 108 Å². The fraction of sp³-hybridized carbons (Fsp3) is 0.333. The third kappa shape index (κ3) is 13.8. The number of rotatable bonds is 8. The van der Waals surface area contributed by atoms with E-state index < -0.39 is 5.43 Å². The summed E-state index contributed by atoms with van der Waals surface area (Å²) in [5.74, 6) is 0. The average molecular weight is 587 g/mol. The first-order chi connectivity index (χ1) is 15.7. The number of hydrogen-bond donors (Lipinski definition) is 0. The molecule has 0 spiro atoms. The number of halogens is 2. The molecule has 0 amide bonds. The average Bonchev–Trinajstić information content (AvgIpc) is 3.57. The van der Waals surface area contributed by atoms with Crippen molar-refractivity contribution in [1.82, 2.24) is 0 Å². The number of hydrogen-bond acceptors (Lipinski definition) is 0. The zero-order chi connectivity index (χ0) is 22.9. The first kappa shape index (κ1) is 33.1. The third-order valence-corrected chi connectivity index (χ3v) is 11.3. The Balaban J connectivity index is 0.000000485. The SMILES string of the molecule is CCCCC1=[C-]CC=C1.CCCCC1=[C-]CC=C1.[Cl-].[Cl-].[Zr+2]=[Si](c1ccccc1)c1ccccc1. The molecule has 2 aliphatic rings. The van der Waals surface area contributed by atoms with Gasteiger partial charge in [0.1, 0.15) is 0 Å². The van der Waals surface area contributed by atoms with Crippen molar-refractivity contribution in [3.63, 3.8) is 0 Å². The Morgan fingerprint density at radius 1 is 0.676 bits per heavy atom. The molecule has 0 heterocycles. The van der Waals surface area contributed by atoms with Crippen LogP contribution >= 0.6 is 0 Å². The Morgan fingerprint density at radius 2 is 1.06 bits per heavy atom. The van der Waals surface area contributed by atoms with Gasteiger partial charge in [0.2, 0.25) is 0 Å². The number of unbranched alkanes of at least 4 members (excludes halogenated alkanes) is 2. The first-order valence-corrected chi connectivity index (χ1v) is 17.1. The molecule has 0 saturated carbocycles. The monoisotopic (exact) mass is 584 g/mol. The van der Waals surface area contributed by atoms with Crippen LogP contribution in [0.2, 0.25) is 0 Å². The molecule has 0 unspecified atom stereocenters. The quantitative estimate of drug-likeness (QED) is 0.321. The van der Waals surface area contributed by atoms with Crippen molar-refractivity contribution in [1.29, 1.82) is 0 Å². The molecular formula is C30H36Cl2SiZr-2. The van der Waals surface area contributed by atoms with Gasteiger partial charge in [0.15, 0.2) is 0 Å². The predicted octanol–water partition coefficient (Wildman–Crippen LogP) is 1.08. The molecule has 0 saturated heterocycles. The molecule has 0 bridgehead atoms. The Bertz CT molecular complexity index is 840. The molecule has 0 N–H and O–H groups in total. The summed E-state index contributed by atoms with van der Waals surface area (Å²) in [5.41, 5.74) is 2.37. The Hall–Kier alpha value is -0.920. The van der Waals surface area contributed by atoms with Gasteiger partial charge >= 0.3 is 99.8 Å². The molecule has 4 rings (SSSR count). The van der Waals surface area contributed by atoms with Crippen LogP contribution in [-0.4, -0.2) is 5.43 Å². The fourth-order valence-corrected chi connectivity index (χ4v) is 7.20. The summed E-state index contributed by atoms with van der Waals surface area (Å²) in [4.78, 5) is 0. The van der Waals surface area contributed by atoms with E-state index in [1.165, 1.54) is 60.0 Å². The van der Waals surface area contributed by atoms with Crippen molar-refractivity contribution in [3.8, 4) is 0 Å². The molecule has 0 fully saturated rings. The molecule has 0 nitrogen and oxygen atoms in total. The van der Waals surface area contributed by atoms with E-state index in [0.29, 0.717) is 0 Å². The van der Waals surface area contributed by atoms with Gasteiger partial charge in [-0.05, 0) is 0 Å². The molecule has 0 radical (unpaired) electrons. The van der Waals surface area contributed by atoms with Crippen LogP contribution < -0.4 is 35.2 Å². The van der Waals surface area contributed by atoms with E-state index in [2.05, 4.69) is 111 Å². The van der Waals surface area contributed by atoms with Gasteiger partial charge in [0.25, 0.3) is 0 Å². The molecule has 180 valence electrons. The summed E-state index contributed by atoms with van der Waals surface area (Å²) in [5, 5.41) is 3.03. The molecule has 0 aromatic heterocycles. The van der Waals surface area contributed by atoms with E-state index >= 15 is 0 Å². The van der Waals surface area contributed by atoms with Gasteiger partial charge < -0.3 is 24.8 Å². The summed E-state index contributed by atoms with van der Waals surface area (Å²) >= 11 is 1.64. The summed E-state index contributed by atoms with van der Waals surface area (Å²) in [6.07, 6.45) is 25.1. The van der Waals surface area contributed by atoms with Gasteiger partial charge in [-0.3, -0.25) is 12.2 Å². The second-order valence-corrected chi connectivity index (χ2v) is 13.5. The molecule has 2 aliphatic carbocycles. The normalized spacial score (nSPS) is 12.7. The van der Waals surface area contributed by atoms with Crippen molar-refractivity contribution in [2.75, 3.05) is 0 Å². The van der Waals surface area contributed by atoms with Gasteiger partial charge in [0.05, 0.1) is 0 Å².